The molecular weight excluding hydrogens is 346 g/mol. The number of likely N-dealkylation sites (N-methyl/N-ethyl adjacent to an activating group) is 1. The number of rotatable bonds is 5. The maximum absolute atomic E-state index is 13.3. The van der Waals surface area contributed by atoms with Gasteiger partial charge in [0.15, 0.2) is 0 Å². The van der Waals surface area contributed by atoms with Gasteiger partial charge >= 0.3 is 0 Å². The molecule has 6 heteroatoms. The van der Waals surface area contributed by atoms with E-state index in [-0.39, 0.29) is 6.04 Å². The molecule has 20 heavy (non-hydrogen) atoms. The van der Waals surface area contributed by atoms with Gasteiger partial charge in [-0.05, 0) is 57.7 Å². The van der Waals surface area contributed by atoms with E-state index in [2.05, 4.69) is 15.9 Å². The van der Waals surface area contributed by atoms with E-state index in [0.717, 1.165) is 15.4 Å². The van der Waals surface area contributed by atoms with E-state index < -0.39 is 11.6 Å². The standard InChI is InChI=1S/C14H15BrF2N2S/c1-19(7-9-2-14(15)20-8-9)13(6-18)10-3-11(16)5-12(17)4-10/h2-5,8,13H,6-7,18H2,1H3. The summed E-state index contributed by atoms with van der Waals surface area (Å²) in [5.41, 5.74) is 7.47. The van der Waals surface area contributed by atoms with Crippen molar-refractivity contribution in [3.05, 3.63) is 56.2 Å². The minimum atomic E-state index is -0.579. The largest absolute Gasteiger partial charge is 0.329 e. The summed E-state index contributed by atoms with van der Waals surface area (Å²) in [6.45, 7) is 0.965. The van der Waals surface area contributed by atoms with Crippen molar-refractivity contribution in [1.29, 1.82) is 0 Å². The topological polar surface area (TPSA) is 29.3 Å². The van der Waals surface area contributed by atoms with E-state index in [1.54, 1.807) is 11.3 Å². The summed E-state index contributed by atoms with van der Waals surface area (Å²) in [6.07, 6.45) is 0. The molecule has 0 bridgehead atoms. The van der Waals surface area contributed by atoms with Crippen molar-refractivity contribution in [2.24, 2.45) is 5.73 Å². The van der Waals surface area contributed by atoms with Crippen LogP contribution in [0.1, 0.15) is 17.2 Å². The molecule has 0 aliphatic rings. The van der Waals surface area contributed by atoms with Crippen LogP contribution in [0.25, 0.3) is 0 Å². The molecule has 2 nitrogen and oxygen atoms in total. The van der Waals surface area contributed by atoms with Crippen molar-refractivity contribution < 1.29 is 8.78 Å². The number of benzene rings is 1. The van der Waals surface area contributed by atoms with E-state index in [1.807, 2.05) is 23.4 Å². The first-order valence-corrected chi connectivity index (χ1v) is 7.76. The Morgan fingerprint density at radius 3 is 2.40 bits per heavy atom. The summed E-state index contributed by atoms with van der Waals surface area (Å²) in [7, 11) is 1.89. The molecule has 0 saturated heterocycles. The first-order valence-electron chi connectivity index (χ1n) is 6.09. The summed E-state index contributed by atoms with van der Waals surface area (Å²) in [4.78, 5) is 1.99. The predicted molar refractivity (Wildman–Crippen MR) is 81.6 cm³/mol. The highest BCUT2D eigenvalue weighted by atomic mass is 79.9. The Balaban J connectivity index is 2.18. The summed E-state index contributed by atoms with van der Waals surface area (Å²) < 4.78 is 27.7. The molecule has 0 aliphatic carbocycles. The van der Waals surface area contributed by atoms with Crippen molar-refractivity contribution in [2.75, 3.05) is 13.6 Å². The lowest BCUT2D eigenvalue weighted by Crippen LogP contribution is -2.30. The SMILES string of the molecule is CN(Cc1csc(Br)c1)C(CN)c1cc(F)cc(F)c1. The maximum atomic E-state index is 13.3. The summed E-state index contributed by atoms with van der Waals surface area (Å²) in [5.74, 6) is -1.16. The zero-order valence-corrected chi connectivity index (χ0v) is 13.3. The lowest BCUT2D eigenvalue weighted by molar-refractivity contribution is 0.241. The molecule has 1 unspecified atom stereocenters. The molecule has 0 aliphatic heterocycles. The number of hydrogen-bond acceptors (Lipinski definition) is 3. The number of nitrogens with two attached hydrogens (primary N) is 1. The van der Waals surface area contributed by atoms with Gasteiger partial charge in [-0.3, -0.25) is 4.90 Å². The Morgan fingerprint density at radius 2 is 1.90 bits per heavy atom. The minimum Gasteiger partial charge on any atom is -0.329 e. The van der Waals surface area contributed by atoms with Gasteiger partial charge in [-0.25, -0.2) is 8.78 Å². The molecule has 0 fully saturated rings. The summed E-state index contributed by atoms with van der Waals surface area (Å²) in [5, 5.41) is 2.04. The first-order chi connectivity index (χ1) is 9.49. The van der Waals surface area contributed by atoms with E-state index >= 15 is 0 Å². The molecule has 0 spiro atoms. The Labute approximate surface area is 129 Å². The molecule has 0 saturated carbocycles. The highest BCUT2D eigenvalue weighted by Gasteiger charge is 2.17. The fourth-order valence-electron chi connectivity index (χ4n) is 2.16. The molecular formula is C14H15BrF2N2S. The first kappa shape index (κ1) is 15.6. The minimum absolute atomic E-state index is 0.223. The fraction of sp³-hybridized carbons (Fsp3) is 0.286. The Kier molecular flexibility index (Phi) is 5.26. The molecule has 1 heterocycles. The van der Waals surface area contributed by atoms with Crippen LogP contribution in [0, 0.1) is 11.6 Å². The van der Waals surface area contributed by atoms with Crippen LogP contribution < -0.4 is 5.73 Å². The number of nitrogens with zero attached hydrogens (tertiary/aromatic N) is 1. The van der Waals surface area contributed by atoms with Crippen LogP contribution >= 0.6 is 27.3 Å². The second-order valence-electron chi connectivity index (χ2n) is 4.63. The number of thiophene rings is 1. The normalized spacial score (nSPS) is 12.9. The van der Waals surface area contributed by atoms with Gasteiger partial charge in [-0.1, -0.05) is 0 Å². The van der Waals surface area contributed by atoms with E-state index in [0.29, 0.717) is 18.7 Å². The summed E-state index contributed by atoms with van der Waals surface area (Å²) in [6, 6.07) is 5.34. The molecule has 1 aromatic heterocycles. The number of halogens is 3. The zero-order chi connectivity index (χ0) is 14.7. The lowest BCUT2D eigenvalue weighted by atomic mass is 10.0. The predicted octanol–water partition coefficient (Wildman–Crippen LogP) is 3.92. The van der Waals surface area contributed by atoms with Crippen LogP contribution in [0.2, 0.25) is 0 Å². The van der Waals surface area contributed by atoms with Gasteiger partial charge in [0.1, 0.15) is 11.6 Å². The third-order valence-electron chi connectivity index (χ3n) is 3.08. The van der Waals surface area contributed by atoms with Crippen LogP contribution in [0.3, 0.4) is 0 Å². The molecule has 2 N–H and O–H groups in total. The Morgan fingerprint density at radius 1 is 1.25 bits per heavy atom. The zero-order valence-electron chi connectivity index (χ0n) is 10.9. The third-order valence-corrected chi connectivity index (χ3v) is 4.63. The highest BCUT2D eigenvalue weighted by Crippen LogP contribution is 2.25. The van der Waals surface area contributed by atoms with Crippen LogP contribution in [0.5, 0.6) is 0 Å². The lowest BCUT2D eigenvalue weighted by Gasteiger charge is -2.27. The van der Waals surface area contributed by atoms with Crippen LogP contribution in [0.15, 0.2) is 33.4 Å². The smallest absolute Gasteiger partial charge is 0.126 e. The molecule has 1 aromatic carbocycles. The van der Waals surface area contributed by atoms with E-state index in [4.69, 9.17) is 5.73 Å². The Hall–Kier alpha value is -0.820. The monoisotopic (exact) mass is 360 g/mol. The van der Waals surface area contributed by atoms with Crippen molar-refractivity contribution in [2.45, 2.75) is 12.6 Å². The van der Waals surface area contributed by atoms with Crippen molar-refractivity contribution in [3.8, 4) is 0 Å². The van der Waals surface area contributed by atoms with Crippen LogP contribution in [-0.4, -0.2) is 18.5 Å². The van der Waals surface area contributed by atoms with Crippen molar-refractivity contribution in [1.82, 2.24) is 4.90 Å². The summed E-state index contributed by atoms with van der Waals surface area (Å²) >= 11 is 5.02. The maximum Gasteiger partial charge on any atom is 0.126 e. The van der Waals surface area contributed by atoms with Gasteiger partial charge in [0.25, 0.3) is 0 Å². The molecule has 108 valence electrons. The second-order valence-corrected chi connectivity index (χ2v) is 6.92. The van der Waals surface area contributed by atoms with Gasteiger partial charge < -0.3 is 5.73 Å². The highest BCUT2D eigenvalue weighted by molar-refractivity contribution is 9.11. The van der Waals surface area contributed by atoms with Crippen LogP contribution in [0.4, 0.5) is 8.78 Å². The average molecular weight is 361 g/mol. The van der Waals surface area contributed by atoms with Crippen molar-refractivity contribution >= 4 is 27.3 Å². The second kappa shape index (κ2) is 6.76. The van der Waals surface area contributed by atoms with Gasteiger partial charge in [0, 0.05) is 25.2 Å². The van der Waals surface area contributed by atoms with Crippen LogP contribution in [-0.2, 0) is 6.54 Å². The average Bonchev–Trinajstić information content (AvgIpc) is 2.74. The number of hydrogen-bond donors (Lipinski definition) is 1. The van der Waals surface area contributed by atoms with Gasteiger partial charge in [0.2, 0.25) is 0 Å². The molecule has 2 aromatic rings. The van der Waals surface area contributed by atoms with Gasteiger partial charge in [-0.2, -0.15) is 0 Å². The van der Waals surface area contributed by atoms with Gasteiger partial charge in [-0.15, -0.1) is 11.3 Å². The van der Waals surface area contributed by atoms with E-state index in [1.165, 1.54) is 12.1 Å². The van der Waals surface area contributed by atoms with E-state index in [9.17, 15) is 8.78 Å². The third kappa shape index (κ3) is 3.85. The quantitative estimate of drug-likeness (QED) is 0.875. The van der Waals surface area contributed by atoms with Crippen molar-refractivity contribution in [3.63, 3.8) is 0 Å². The fourth-order valence-corrected chi connectivity index (χ4v) is 3.37. The molecule has 0 amide bonds. The molecule has 2 rings (SSSR count). The Bertz CT molecular complexity index is 568. The van der Waals surface area contributed by atoms with Gasteiger partial charge in [0.05, 0.1) is 3.79 Å². The molecule has 1 atom stereocenters. The molecule has 0 radical (unpaired) electrons.